The van der Waals surface area contributed by atoms with E-state index in [0.29, 0.717) is 5.15 Å². The third-order valence-electron chi connectivity index (χ3n) is 2.74. The summed E-state index contributed by atoms with van der Waals surface area (Å²) in [4.78, 5) is 5.74. The zero-order valence-corrected chi connectivity index (χ0v) is 10.9. The Morgan fingerprint density at radius 1 is 1.41 bits per heavy atom. The van der Waals surface area contributed by atoms with Crippen LogP contribution in [0.2, 0.25) is 5.15 Å². The zero-order chi connectivity index (χ0) is 11.8. The summed E-state index contributed by atoms with van der Waals surface area (Å²) in [5.74, 6) is 0.993. The van der Waals surface area contributed by atoms with Gasteiger partial charge in [0.05, 0.1) is 5.52 Å². The van der Waals surface area contributed by atoms with Gasteiger partial charge in [0, 0.05) is 17.5 Å². The highest BCUT2D eigenvalue weighted by Gasteiger charge is 2.10. The van der Waals surface area contributed by atoms with E-state index in [1.165, 1.54) is 10.4 Å². The van der Waals surface area contributed by atoms with Gasteiger partial charge in [-0.15, -0.1) is 11.3 Å². The molecule has 0 saturated carbocycles. The van der Waals surface area contributed by atoms with E-state index in [2.05, 4.69) is 46.0 Å². The maximum atomic E-state index is 6.16. The van der Waals surface area contributed by atoms with E-state index in [1.807, 2.05) is 6.20 Å². The van der Waals surface area contributed by atoms with Gasteiger partial charge in [0.1, 0.15) is 5.82 Å². The molecule has 0 aliphatic carbocycles. The largest absolute Gasteiger partial charge is 0.302 e. The number of aromatic nitrogens is 2. The molecule has 0 aliphatic rings. The molecule has 0 spiro atoms. The van der Waals surface area contributed by atoms with Gasteiger partial charge in [0.15, 0.2) is 5.15 Å². The van der Waals surface area contributed by atoms with Crippen molar-refractivity contribution in [3.8, 4) is 0 Å². The molecule has 0 amide bonds. The minimum Gasteiger partial charge on any atom is -0.302 e. The second-order valence-corrected chi connectivity index (χ2v) is 5.42. The molecule has 0 bridgehead atoms. The van der Waals surface area contributed by atoms with Gasteiger partial charge in [-0.1, -0.05) is 17.7 Å². The van der Waals surface area contributed by atoms with Crippen LogP contribution in [0.3, 0.4) is 0 Å². The number of rotatable bonds is 2. The van der Waals surface area contributed by atoms with Crippen LogP contribution in [0.25, 0.3) is 5.52 Å². The second-order valence-electron chi connectivity index (χ2n) is 4.03. The highest BCUT2D eigenvalue weighted by Crippen LogP contribution is 2.22. The Hall–Kier alpha value is -1.32. The first kappa shape index (κ1) is 10.8. The Balaban J connectivity index is 2.11. The standard InChI is InChI=1S/C13H11ClN2S/c1-9-4-5-16-11(7-9)13(14)15-12(16)8-10-3-2-6-17-10/h2-7H,8H2,1H3. The first-order valence-electron chi connectivity index (χ1n) is 5.39. The van der Waals surface area contributed by atoms with Crippen LogP contribution in [0.5, 0.6) is 0 Å². The summed E-state index contributed by atoms with van der Waals surface area (Å²) in [6.45, 7) is 2.06. The quantitative estimate of drug-likeness (QED) is 0.684. The predicted octanol–water partition coefficient (Wildman–Crippen LogP) is 3.95. The smallest absolute Gasteiger partial charge is 0.155 e. The van der Waals surface area contributed by atoms with Crippen molar-refractivity contribution in [2.24, 2.45) is 0 Å². The van der Waals surface area contributed by atoms with E-state index >= 15 is 0 Å². The number of imidazole rings is 1. The molecule has 0 aromatic carbocycles. The molecule has 0 radical (unpaired) electrons. The van der Waals surface area contributed by atoms with Crippen LogP contribution in [0, 0.1) is 6.92 Å². The maximum Gasteiger partial charge on any atom is 0.155 e. The Morgan fingerprint density at radius 3 is 3.06 bits per heavy atom. The molecule has 86 valence electrons. The summed E-state index contributed by atoms with van der Waals surface area (Å²) >= 11 is 7.90. The lowest BCUT2D eigenvalue weighted by Gasteiger charge is -2.00. The number of halogens is 1. The van der Waals surface area contributed by atoms with E-state index < -0.39 is 0 Å². The fraction of sp³-hybridized carbons (Fsp3) is 0.154. The molecule has 0 unspecified atom stereocenters. The van der Waals surface area contributed by atoms with E-state index in [1.54, 1.807) is 11.3 Å². The molecule has 0 fully saturated rings. The van der Waals surface area contributed by atoms with E-state index in [4.69, 9.17) is 11.6 Å². The van der Waals surface area contributed by atoms with Crippen molar-refractivity contribution in [1.82, 2.24) is 9.38 Å². The first-order valence-corrected chi connectivity index (χ1v) is 6.65. The average Bonchev–Trinajstić information content (AvgIpc) is 2.89. The Kier molecular flexibility index (Phi) is 2.65. The molecule has 0 aliphatic heterocycles. The molecular weight excluding hydrogens is 252 g/mol. The lowest BCUT2D eigenvalue weighted by Crippen LogP contribution is -1.94. The van der Waals surface area contributed by atoms with Crippen molar-refractivity contribution in [3.05, 3.63) is 57.3 Å². The normalized spacial score (nSPS) is 11.2. The van der Waals surface area contributed by atoms with Gasteiger partial charge in [0.2, 0.25) is 0 Å². The van der Waals surface area contributed by atoms with E-state index in [0.717, 1.165) is 17.8 Å². The highest BCUT2D eigenvalue weighted by molar-refractivity contribution is 7.09. The second kappa shape index (κ2) is 4.17. The van der Waals surface area contributed by atoms with E-state index in [9.17, 15) is 0 Å². The Bertz CT molecular complexity index is 655. The number of fused-ring (bicyclic) bond motifs is 1. The fourth-order valence-corrected chi connectivity index (χ4v) is 2.85. The number of aryl methyl sites for hydroxylation is 1. The van der Waals surface area contributed by atoms with Crippen LogP contribution >= 0.6 is 22.9 Å². The van der Waals surface area contributed by atoms with Crippen LogP contribution in [-0.4, -0.2) is 9.38 Å². The van der Waals surface area contributed by atoms with Crippen molar-refractivity contribution in [1.29, 1.82) is 0 Å². The summed E-state index contributed by atoms with van der Waals surface area (Å²) in [7, 11) is 0. The fourth-order valence-electron chi connectivity index (χ4n) is 1.91. The van der Waals surface area contributed by atoms with Crippen LogP contribution < -0.4 is 0 Å². The van der Waals surface area contributed by atoms with Gasteiger partial charge in [-0.25, -0.2) is 4.98 Å². The molecule has 3 aromatic heterocycles. The highest BCUT2D eigenvalue weighted by atomic mass is 35.5. The number of pyridine rings is 1. The molecule has 17 heavy (non-hydrogen) atoms. The molecule has 0 atom stereocenters. The van der Waals surface area contributed by atoms with Crippen molar-refractivity contribution < 1.29 is 0 Å². The molecule has 3 rings (SSSR count). The van der Waals surface area contributed by atoms with Gasteiger partial charge < -0.3 is 4.40 Å². The zero-order valence-electron chi connectivity index (χ0n) is 9.35. The van der Waals surface area contributed by atoms with Gasteiger partial charge in [0.25, 0.3) is 0 Å². The summed E-state index contributed by atoms with van der Waals surface area (Å²) in [6, 6.07) is 8.31. The van der Waals surface area contributed by atoms with Crippen molar-refractivity contribution in [2.75, 3.05) is 0 Å². The predicted molar refractivity (Wildman–Crippen MR) is 72.1 cm³/mol. The van der Waals surface area contributed by atoms with Gasteiger partial charge in [-0.2, -0.15) is 0 Å². The lowest BCUT2D eigenvalue weighted by molar-refractivity contribution is 0.972. The van der Waals surface area contributed by atoms with Crippen molar-refractivity contribution >= 4 is 28.5 Å². The van der Waals surface area contributed by atoms with Crippen molar-refractivity contribution in [3.63, 3.8) is 0 Å². The third-order valence-corrected chi connectivity index (χ3v) is 3.89. The molecule has 2 nitrogen and oxygen atoms in total. The van der Waals surface area contributed by atoms with Crippen LogP contribution in [-0.2, 0) is 6.42 Å². The molecule has 0 N–H and O–H groups in total. The third kappa shape index (κ3) is 1.96. The molecule has 4 heteroatoms. The number of nitrogens with zero attached hydrogens (tertiary/aromatic N) is 2. The lowest BCUT2D eigenvalue weighted by atomic mass is 10.3. The number of hydrogen-bond acceptors (Lipinski definition) is 2. The van der Waals surface area contributed by atoms with Gasteiger partial charge >= 0.3 is 0 Å². The van der Waals surface area contributed by atoms with Gasteiger partial charge in [-0.05, 0) is 36.1 Å². The molecule has 3 heterocycles. The average molecular weight is 263 g/mol. The Morgan fingerprint density at radius 2 is 2.29 bits per heavy atom. The number of hydrogen-bond donors (Lipinski definition) is 0. The van der Waals surface area contributed by atoms with Crippen LogP contribution in [0.15, 0.2) is 35.8 Å². The SMILES string of the molecule is Cc1ccn2c(Cc3cccs3)nc(Cl)c2c1. The molecular formula is C13H11ClN2S. The minimum atomic E-state index is 0.584. The minimum absolute atomic E-state index is 0.584. The summed E-state index contributed by atoms with van der Waals surface area (Å²) in [5, 5.41) is 2.66. The number of thiophene rings is 1. The Labute approximate surface area is 108 Å². The molecule has 3 aromatic rings. The van der Waals surface area contributed by atoms with Crippen LogP contribution in [0.1, 0.15) is 16.3 Å². The summed E-state index contributed by atoms with van der Waals surface area (Å²) in [6.07, 6.45) is 2.86. The summed E-state index contributed by atoms with van der Waals surface area (Å²) < 4.78 is 2.06. The summed E-state index contributed by atoms with van der Waals surface area (Å²) in [5.41, 5.74) is 2.18. The topological polar surface area (TPSA) is 17.3 Å². The van der Waals surface area contributed by atoms with E-state index in [-0.39, 0.29) is 0 Å². The monoisotopic (exact) mass is 262 g/mol. The molecule has 0 saturated heterocycles. The maximum absolute atomic E-state index is 6.16. The van der Waals surface area contributed by atoms with Crippen LogP contribution in [0.4, 0.5) is 0 Å². The van der Waals surface area contributed by atoms with Crippen molar-refractivity contribution in [2.45, 2.75) is 13.3 Å². The first-order chi connectivity index (χ1) is 8.24. The van der Waals surface area contributed by atoms with Gasteiger partial charge in [-0.3, -0.25) is 0 Å².